The molecule has 0 aliphatic heterocycles. The Kier molecular flexibility index (Phi) is 2.30. The molecule has 92 valence electrons. The van der Waals surface area contributed by atoms with E-state index in [0.717, 1.165) is 20.0 Å². The van der Waals surface area contributed by atoms with Crippen LogP contribution in [0.3, 0.4) is 0 Å². The van der Waals surface area contributed by atoms with Crippen LogP contribution < -0.4 is 5.63 Å². The molecule has 0 N–H and O–H groups in total. The molecule has 0 amide bonds. The Balaban J connectivity index is 2.16. The summed E-state index contributed by atoms with van der Waals surface area (Å²) in [5.41, 5.74) is 0.668. The zero-order valence-electron chi connectivity index (χ0n) is 9.62. The first kappa shape index (κ1) is 10.9. The van der Waals surface area contributed by atoms with Gasteiger partial charge in [0.15, 0.2) is 5.52 Å². The molecular formula is C14H7NO2S2. The lowest BCUT2D eigenvalue weighted by Crippen LogP contribution is -1.98. The summed E-state index contributed by atoms with van der Waals surface area (Å²) in [7, 11) is 0. The van der Waals surface area contributed by atoms with Gasteiger partial charge in [0.2, 0.25) is 0 Å². The number of rotatable bonds is 1. The molecule has 0 unspecified atom stereocenters. The van der Waals surface area contributed by atoms with Gasteiger partial charge in [0.05, 0.1) is 9.58 Å². The SMILES string of the molecule is O=c1oc2ccccc2c2sc(-c3cccs3)nc12. The van der Waals surface area contributed by atoms with E-state index in [1.165, 1.54) is 11.3 Å². The fraction of sp³-hybridized carbons (Fsp3) is 0. The average molecular weight is 285 g/mol. The van der Waals surface area contributed by atoms with E-state index in [4.69, 9.17) is 4.42 Å². The van der Waals surface area contributed by atoms with Crippen LogP contribution in [0, 0.1) is 0 Å². The number of thiophene rings is 1. The number of benzene rings is 1. The van der Waals surface area contributed by atoms with Crippen molar-refractivity contribution in [2.75, 3.05) is 0 Å². The normalized spacial score (nSPS) is 11.4. The molecule has 3 heterocycles. The third-order valence-electron chi connectivity index (χ3n) is 2.89. The molecule has 0 aliphatic rings. The molecule has 0 fully saturated rings. The predicted molar refractivity (Wildman–Crippen MR) is 79.0 cm³/mol. The van der Waals surface area contributed by atoms with Crippen LogP contribution in [-0.2, 0) is 0 Å². The van der Waals surface area contributed by atoms with Gasteiger partial charge in [-0.25, -0.2) is 9.78 Å². The highest BCUT2D eigenvalue weighted by Crippen LogP contribution is 2.34. The third kappa shape index (κ3) is 1.63. The van der Waals surface area contributed by atoms with Crippen molar-refractivity contribution < 1.29 is 4.42 Å². The standard InChI is InChI=1S/C14H7NO2S2/c16-14-11-12(8-4-1-2-5-9(8)17-14)19-13(15-11)10-6-3-7-18-10/h1-7H. The molecule has 1 aromatic carbocycles. The van der Waals surface area contributed by atoms with E-state index in [0.29, 0.717) is 11.1 Å². The van der Waals surface area contributed by atoms with Crippen molar-refractivity contribution in [3.8, 4) is 9.88 Å². The van der Waals surface area contributed by atoms with Crippen LogP contribution in [0.15, 0.2) is 51.0 Å². The van der Waals surface area contributed by atoms with Crippen molar-refractivity contribution in [3.63, 3.8) is 0 Å². The third-order valence-corrected chi connectivity index (χ3v) is 5.01. The summed E-state index contributed by atoms with van der Waals surface area (Å²) in [5.74, 6) is 0. The van der Waals surface area contributed by atoms with E-state index in [1.807, 2.05) is 35.7 Å². The molecular weight excluding hydrogens is 278 g/mol. The Labute approximate surface area is 115 Å². The lowest BCUT2D eigenvalue weighted by molar-refractivity contribution is 0.568. The molecule has 0 spiro atoms. The van der Waals surface area contributed by atoms with Gasteiger partial charge in [-0.15, -0.1) is 22.7 Å². The summed E-state index contributed by atoms with van der Waals surface area (Å²) in [5, 5.41) is 3.81. The molecule has 5 heteroatoms. The fourth-order valence-corrected chi connectivity index (χ4v) is 3.92. The average Bonchev–Trinajstić information content (AvgIpc) is 3.08. The Hall–Kier alpha value is -1.98. The summed E-state index contributed by atoms with van der Waals surface area (Å²) >= 11 is 3.16. The number of hydrogen-bond acceptors (Lipinski definition) is 5. The number of thiazole rings is 1. The van der Waals surface area contributed by atoms with Gasteiger partial charge >= 0.3 is 5.63 Å². The van der Waals surface area contributed by atoms with Crippen molar-refractivity contribution in [3.05, 3.63) is 52.2 Å². The van der Waals surface area contributed by atoms with Gasteiger partial charge in [-0.1, -0.05) is 18.2 Å². The molecule has 0 radical (unpaired) electrons. The molecule has 0 saturated heterocycles. The highest BCUT2D eigenvalue weighted by atomic mass is 32.1. The van der Waals surface area contributed by atoms with E-state index in [9.17, 15) is 4.79 Å². The van der Waals surface area contributed by atoms with Gasteiger partial charge in [-0.05, 0) is 23.6 Å². The quantitative estimate of drug-likeness (QED) is 0.494. The topological polar surface area (TPSA) is 43.1 Å². The Morgan fingerprint density at radius 2 is 2.00 bits per heavy atom. The molecule has 4 aromatic rings. The minimum absolute atomic E-state index is 0.368. The van der Waals surface area contributed by atoms with Crippen molar-refractivity contribution in [1.82, 2.24) is 4.98 Å². The molecule has 0 aliphatic carbocycles. The second kappa shape index (κ2) is 4.01. The maximum Gasteiger partial charge on any atom is 0.363 e. The van der Waals surface area contributed by atoms with Crippen LogP contribution in [-0.4, -0.2) is 4.98 Å². The second-order valence-corrected chi connectivity index (χ2v) is 6.01. The van der Waals surface area contributed by atoms with Crippen LogP contribution in [0.1, 0.15) is 0 Å². The second-order valence-electron chi connectivity index (χ2n) is 4.06. The summed E-state index contributed by atoms with van der Waals surface area (Å²) in [6, 6.07) is 11.5. The van der Waals surface area contributed by atoms with Gasteiger partial charge in [-0.3, -0.25) is 0 Å². The summed E-state index contributed by atoms with van der Waals surface area (Å²) in [6.45, 7) is 0. The van der Waals surface area contributed by atoms with Crippen molar-refractivity contribution >= 4 is 43.9 Å². The van der Waals surface area contributed by atoms with E-state index in [-0.39, 0.29) is 5.63 Å². The highest BCUT2D eigenvalue weighted by molar-refractivity contribution is 7.25. The summed E-state index contributed by atoms with van der Waals surface area (Å²) < 4.78 is 6.20. The molecule has 0 saturated carbocycles. The molecule has 4 rings (SSSR count). The van der Waals surface area contributed by atoms with Crippen LogP contribution in [0.2, 0.25) is 0 Å². The van der Waals surface area contributed by atoms with Gasteiger partial charge in [0, 0.05) is 5.39 Å². The molecule has 0 bridgehead atoms. The first-order valence-electron chi connectivity index (χ1n) is 5.69. The summed E-state index contributed by atoms with van der Waals surface area (Å²) in [4.78, 5) is 17.5. The molecule has 3 nitrogen and oxygen atoms in total. The Morgan fingerprint density at radius 1 is 1.11 bits per heavy atom. The number of aromatic nitrogens is 1. The largest absolute Gasteiger partial charge is 0.421 e. The van der Waals surface area contributed by atoms with Crippen molar-refractivity contribution in [1.29, 1.82) is 0 Å². The van der Waals surface area contributed by atoms with Gasteiger partial charge < -0.3 is 4.42 Å². The van der Waals surface area contributed by atoms with Crippen molar-refractivity contribution in [2.24, 2.45) is 0 Å². The zero-order valence-corrected chi connectivity index (χ0v) is 11.3. The minimum Gasteiger partial charge on any atom is -0.421 e. The van der Waals surface area contributed by atoms with E-state index in [2.05, 4.69) is 4.98 Å². The number of para-hydroxylation sites is 1. The van der Waals surface area contributed by atoms with E-state index in [1.54, 1.807) is 17.4 Å². The minimum atomic E-state index is -0.368. The first-order valence-corrected chi connectivity index (χ1v) is 7.39. The fourth-order valence-electron chi connectivity index (χ4n) is 2.04. The Morgan fingerprint density at radius 3 is 2.84 bits per heavy atom. The van der Waals surface area contributed by atoms with E-state index >= 15 is 0 Å². The first-order chi connectivity index (χ1) is 9.33. The summed E-state index contributed by atoms with van der Waals surface area (Å²) in [6.07, 6.45) is 0. The monoisotopic (exact) mass is 285 g/mol. The molecule has 3 aromatic heterocycles. The predicted octanol–water partition coefficient (Wildman–Crippen LogP) is 4.13. The number of fused-ring (bicyclic) bond motifs is 3. The van der Waals surface area contributed by atoms with Gasteiger partial charge in [-0.2, -0.15) is 0 Å². The number of hydrogen-bond donors (Lipinski definition) is 0. The molecule has 0 atom stereocenters. The molecule has 19 heavy (non-hydrogen) atoms. The smallest absolute Gasteiger partial charge is 0.363 e. The lowest BCUT2D eigenvalue weighted by Gasteiger charge is -1.95. The maximum absolute atomic E-state index is 12.0. The van der Waals surface area contributed by atoms with Crippen LogP contribution in [0.4, 0.5) is 0 Å². The zero-order chi connectivity index (χ0) is 12.8. The van der Waals surface area contributed by atoms with Crippen molar-refractivity contribution in [2.45, 2.75) is 0 Å². The van der Waals surface area contributed by atoms with Crippen LogP contribution in [0.25, 0.3) is 31.1 Å². The van der Waals surface area contributed by atoms with E-state index < -0.39 is 0 Å². The van der Waals surface area contributed by atoms with Crippen LogP contribution >= 0.6 is 22.7 Å². The highest BCUT2D eigenvalue weighted by Gasteiger charge is 2.14. The lowest BCUT2D eigenvalue weighted by atomic mass is 10.2. The maximum atomic E-state index is 12.0. The van der Waals surface area contributed by atoms with Crippen LogP contribution in [0.5, 0.6) is 0 Å². The Bertz CT molecular complexity index is 935. The van der Waals surface area contributed by atoms with Gasteiger partial charge in [0.1, 0.15) is 10.6 Å². The van der Waals surface area contributed by atoms with Gasteiger partial charge in [0.25, 0.3) is 0 Å². The number of nitrogens with zero attached hydrogens (tertiary/aromatic N) is 1.